The van der Waals surface area contributed by atoms with Crippen LogP contribution in [0.5, 0.6) is 0 Å². The van der Waals surface area contributed by atoms with E-state index in [4.69, 9.17) is 11.6 Å². The molecule has 0 unspecified atom stereocenters. The van der Waals surface area contributed by atoms with E-state index in [1.54, 1.807) is 0 Å². The molecule has 1 aliphatic heterocycles. The Bertz CT molecular complexity index is 1010. The fraction of sp³-hybridized carbons (Fsp3) is 0.304. The van der Waals surface area contributed by atoms with E-state index in [1.807, 2.05) is 42.6 Å². The van der Waals surface area contributed by atoms with Crippen LogP contribution < -0.4 is 10.2 Å². The summed E-state index contributed by atoms with van der Waals surface area (Å²) in [6, 6.07) is 15.9. The summed E-state index contributed by atoms with van der Waals surface area (Å²) in [6.45, 7) is 5.96. The minimum absolute atomic E-state index is 0.0448. The molecular weight excluding hydrogens is 384 g/mol. The number of aromatic nitrogens is 1. The summed E-state index contributed by atoms with van der Waals surface area (Å²) >= 11 is 6.10. The molecule has 4 rings (SSSR count). The van der Waals surface area contributed by atoms with Crippen molar-refractivity contribution in [2.45, 2.75) is 13.3 Å². The van der Waals surface area contributed by atoms with Crippen molar-refractivity contribution in [3.05, 3.63) is 65.3 Å². The van der Waals surface area contributed by atoms with Gasteiger partial charge in [-0.3, -0.25) is 14.7 Å². The number of amides is 1. The number of nitrogens with one attached hydrogen (secondary N) is 1. The Hall–Kier alpha value is -2.63. The molecule has 150 valence electrons. The molecule has 1 fully saturated rings. The van der Waals surface area contributed by atoms with Gasteiger partial charge in [-0.05, 0) is 42.3 Å². The molecular formula is C23H25ClN4O. The number of benzene rings is 2. The van der Waals surface area contributed by atoms with Crippen LogP contribution in [0.2, 0.25) is 5.02 Å². The van der Waals surface area contributed by atoms with E-state index < -0.39 is 0 Å². The first kappa shape index (κ1) is 19.7. The van der Waals surface area contributed by atoms with Crippen LogP contribution in [0, 0.1) is 0 Å². The summed E-state index contributed by atoms with van der Waals surface area (Å²) in [7, 11) is 0. The third kappa shape index (κ3) is 4.52. The highest BCUT2D eigenvalue weighted by Crippen LogP contribution is 2.28. The van der Waals surface area contributed by atoms with Crippen LogP contribution in [-0.4, -0.2) is 48.5 Å². The van der Waals surface area contributed by atoms with E-state index in [2.05, 4.69) is 39.2 Å². The standard InChI is InChI=1S/C23H25ClN4O/c1-2-17-5-3-4-6-20(17)26-23(29)16-27-11-13-28(14-12-27)22-9-10-25-21-15-18(24)7-8-19(21)22/h3-10,15H,2,11-14,16H2,1H3,(H,26,29). The second-order valence-electron chi connectivity index (χ2n) is 7.31. The molecule has 0 aliphatic carbocycles. The molecule has 3 aromatic rings. The molecule has 0 atom stereocenters. The number of rotatable bonds is 5. The maximum atomic E-state index is 12.5. The number of hydrogen-bond acceptors (Lipinski definition) is 4. The van der Waals surface area contributed by atoms with Gasteiger partial charge < -0.3 is 10.2 Å². The first-order valence-corrected chi connectivity index (χ1v) is 10.4. The van der Waals surface area contributed by atoms with Gasteiger partial charge in [0.1, 0.15) is 0 Å². The zero-order valence-electron chi connectivity index (χ0n) is 16.6. The number of nitrogens with zero attached hydrogens (tertiary/aromatic N) is 3. The van der Waals surface area contributed by atoms with Gasteiger partial charge in [-0.2, -0.15) is 0 Å². The third-order valence-electron chi connectivity index (χ3n) is 5.43. The van der Waals surface area contributed by atoms with Gasteiger partial charge in [-0.15, -0.1) is 0 Å². The quantitative estimate of drug-likeness (QED) is 0.687. The molecule has 0 bridgehead atoms. The predicted octanol–water partition coefficient (Wildman–Crippen LogP) is 4.21. The first-order chi connectivity index (χ1) is 14.1. The summed E-state index contributed by atoms with van der Waals surface area (Å²) in [4.78, 5) is 21.5. The third-order valence-corrected chi connectivity index (χ3v) is 5.67. The van der Waals surface area contributed by atoms with Gasteiger partial charge in [0, 0.05) is 54.2 Å². The van der Waals surface area contributed by atoms with E-state index in [9.17, 15) is 4.79 Å². The van der Waals surface area contributed by atoms with Crippen molar-refractivity contribution in [1.82, 2.24) is 9.88 Å². The monoisotopic (exact) mass is 408 g/mol. The summed E-state index contributed by atoms with van der Waals surface area (Å²) < 4.78 is 0. The van der Waals surface area contributed by atoms with Crippen LogP contribution in [-0.2, 0) is 11.2 Å². The minimum Gasteiger partial charge on any atom is -0.368 e. The van der Waals surface area contributed by atoms with Crippen LogP contribution in [0.15, 0.2) is 54.7 Å². The fourth-order valence-electron chi connectivity index (χ4n) is 3.87. The molecule has 29 heavy (non-hydrogen) atoms. The summed E-state index contributed by atoms with van der Waals surface area (Å²) in [5.74, 6) is 0.0448. The van der Waals surface area contributed by atoms with Crippen molar-refractivity contribution in [3.8, 4) is 0 Å². The van der Waals surface area contributed by atoms with E-state index in [0.29, 0.717) is 11.6 Å². The van der Waals surface area contributed by atoms with Gasteiger partial charge in [0.25, 0.3) is 0 Å². The maximum absolute atomic E-state index is 12.5. The number of carbonyl (C=O) groups is 1. The normalized spacial score (nSPS) is 14.9. The number of pyridine rings is 1. The smallest absolute Gasteiger partial charge is 0.238 e. The number of carbonyl (C=O) groups excluding carboxylic acids is 1. The number of halogens is 1. The molecule has 2 heterocycles. The van der Waals surface area contributed by atoms with Crippen molar-refractivity contribution in [2.75, 3.05) is 42.9 Å². The molecule has 1 amide bonds. The number of piperazine rings is 1. The molecule has 1 aliphatic rings. The molecule has 0 radical (unpaired) electrons. The lowest BCUT2D eigenvalue weighted by Gasteiger charge is -2.36. The van der Waals surface area contributed by atoms with Gasteiger partial charge in [-0.1, -0.05) is 36.7 Å². The molecule has 1 N–H and O–H groups in total. The second kappa shape index (κ2) is 8.80. The Balaban J connectivity index is 1.37. The summed E-state index contributed by atoms with van der Waals surface area (Å²) in [5.41, 5.74) is 4.16. The second-order valence-corrected chi connectivity index (χ2v) is 7.75. The largest absolute Gasteiger partial charge is 0.368 e. The number of hydrogen-bond donors (Lipinski definition) is 1. The average Bonchev–Trinajstić information content (AvgIpc) is 2.74. The van der Waals surface area contributed by atoms with Crippen molar-refractivity contribution in [3.63, 3.8) is 0 Å². The maximum Gasteiger partial charge on any atom is 0.238 e. The van der Waals surface area contributed by atoms with Crippen LogP contribution in [0.1, 0.15) is 12.5 Å². The Labute approximate surface area is 176 Å². The molecule has 1 saturated heterocycles. The van der Waals surface area contributed by atoms with Crippen LogP contribution in [0.25, 0.3) is 10.9 Å². The lowest BCUT2D eigenvalue weighted by Crippen LogP contribution is -2.48. The van der Waals surface area contributed by atoms with E-state index in [-0.39, 0.29) is 5.91 Å². The number of anilines is 2. The minimum atomic E-state index is 0.0448. The highest BCUT2D eigenvalue weighted by atomic mass is 35.5. The van der Waals surface area contributed by atoms with Gasteiger partial charge in [0.05, 0.1) is 12.1 Å². The van der Waals surface area contributed by atoms with E-state index >= 15 is 0 Å². The average molecular weight is 409 g/mol. The van der Waals surface area contributed by atoms with Crippen molar-refractivity contribution in [1.29, 1.82) is 0 Å². The van der Waals surface area contributed by atoms with Crippen molar-refractivity contribution >= 4 is 39.8 Å². The van der Waals surface area contributed by atoms with Crippen molar-refractivity contribution < 1.29 is 4.79 Å². The summed E-state index contributed by atoms with van der Waals surface area (Å²) in [5, 5.41) is 4.87. The zero-order valence-corrected chi connectivity index (χ0v) is 17.3. The molecule has 5 nitrogen and oxygen atoms in total. The Morgan fingerprint density at radius 3 is 2.69 bits per heavy atom. The highest BCUT2D eigenvalue weighted by Gasteiger charge is 2.21. The SMILES string of the molecule is CCc1ccccc1NC(=O)CN1CCN(c2ccnc3cc(Cl)ccc23)CC1. The Morgan fingerprint density at radius 2 is 1.90 bits per heavy atom. The first-order valence-electron chi connectivity index (χ1n) is 10.0. The van der Waals surface area contributed by atoms with Crippen LogP contribution >= 0.6 is 11.6 Å². The Morgan fingerprint density at radius 1 is 1.10 bits per heavy atom. The highest BCUT2D eigenvalue weighted by molar-refractivity contribution is 6.31. The van der Waals surface area contributed by atoms with Gasteiger partial charge in [0.15, 0.2) is 0 Å². The number of fused-ring (bicyclic) bond motifs is 1. The molecule has 1 aromatic heterocycles. The van der Waals surface area contributed by atoms with Gasteiger partial charge in [-0.25, -0.2) is 0 Å². The zero-order chi connectivity index (χ0) is 20.2. The molecule has 2 aromatic carbocycles. The number of para-hydroxylation sites is 1. The van der Waals surface area contributed by atoms with Crippen molar-refractivity contribution in [2.24, 2.45) is 0 Å². The number of aryl methyl sites for hydroxylation is 1. The van der Waals surface area contributed by atoms with E-state index in [0.717, 1.165) is 54.8 Å². The summed E-state index contributed by atoms with van der Waals surface area (Å²) in [6.07, 6.45) is 2.74. The molecule has 6 heteroatoms. The molecule has 0 spiro atoms. The topological polar surface area (TPSA) is 48.5 Å². The van der Waals surface area contributed by atoms with E-state index in [1.165, 1.54) is 5.69 Å². The van der Waals surface area contributed by atoms with Crippen LogP contribution in [0.4, 0.5) is 11.4 Å². The lowest BCUT2D eigenvalue weighted by atomic mass is 10.1. The predicted molar refractivity (Wildman–Crippen MR) is 120 cm³/mol. The Kier molecular flexibility index (Phi) is 5.97. The van der Waals surface area contributed by atoms with Crippen LogP contribution in [0.3, 0.4) is 0 Å². The fourth-order valence-corrected chi connectivity index (χ4v) is 4.04. The van der Waals surface area contributed by atoms with Gasteiger partial charge >= 0.3 is 0 Å². The lowest BCUT2D eigenvalue weighted by molar-refractivity contribution is -0.117. The van der Waals surface area contributed by atoms with Gasteiger partial charge in [0.2, 0.25) is 5.91 Å². The molecule has 0 saturated carbocycles.